The Morgan fingerprint density at radius 1 is 1.00 bits per heavy atom. The predicted molar refractivity (Wildman–Crippen MR) is 84.9 cm³/mol. The standard InChI is InChI=1S/C17H15F3O4S/c1-11-3-5-12(6-4-11)15(17(18,19)20)24-16(21)13-7-9-14(10-8-13)25(2,22)23/h3-10,15H,1-2H3/t15-/m0/s1. The monoisotopic (exact) mass is 372 g/mol. The largest absolute Gasteiger partial charge is 0.444 e. The second-order valence-corrected chi connectivity index (χ2v) is 7.55. The molecule has 25 heavy (non-hydrogen) atoms. The van der Waals surface area contributed by atoms with Crippen molar-refractivity contribution in [2.45, 2.75) is 24.1 Å². The quantitative estimate of drug-likeness (QED) is 0.765. The topological polar surface area (TPSA) is 60.4 Å². The van der Waals surface area contributed by atoms with Gasteiger partial charge in [0.2, 0.25) is 6.10 Å². The van der Waals surface area contributed by atoms with Crippen LogP contribution < -0.4 is 0 Å². The van der Waals surface area contributed by atoms with E-state index < -0.39 is 28.1 Å². The van der Waals surface area contributed by atoms with Gasteiger partial charge in [-0.2, -0.15) is 13.2 Å². The van der Waals surface area contributed by atoms with Crippen LogP contribution in [0.3, 0.4) is 0 Å². The Hall–Kier alpha value is -2.35. The van der Waals surface area contributed by atoms with Crippen LogP contribution in [0, 0.1) is 6.92 Å². The SMILES string of the molecule is Cc1ccc([C@H](OC(=O)c2ccc(S(C)(=O)=O)cc2)C(F)(F)F)cc1. The van der Waals surface area contributed by atoms with E-state index >= 15 is 0 Å². The van der Waals surface area contributed by atoms with Gasteiger partial charge in [-0.15, -0.1) is 0 Å². The number of hydrogen-bond acceptors (Lipinski definition) is 4. The van der Waals surface area contributed by atoms with Crippen LogP contribution in [-0.4, -0.2) is 26.8 Å². The van der Waals surface area contributed by atoms with Crippen molar-refractivity contribution in [3.8, 4) is 0 Å². The lowest BCUT2D eigenvalue weighted by Crippen LogP contribution is -2.26. The van der Waals surface area contributed by atoms with Gasteiger partial charge in [-0.25, -0.2) is 13.2 Å². The van der Waals surface area contributed by atoms with E-state index in [9.17, 15) is 26.4 Å². The van der Waals surface area contributed by atoms with Gasteiger partial charge in [0, 0.05) is 11.8 Å². The lowest BCUT2D eigenvalue weighted by atomic mass is 10.1. The number of benzene rings is 2. The van der Waals surface area contributed by atoms with Gasteiger partial charge in [0.15, 0.2) is 9.84 Å². The first kappa shape index (κ1) is 19.0. The smallest absolute Gasteiger partial charge is 0.429 e. The Bertz CT molecular complexity index is 854. The van der Waals surface area contributed by atoms with Crippen LogP contribution in [0.2, 0.25) is 0 Å². The molecule has 0 saturated heterocycles. The summed E-state index contributed by atoms with van der Waals surface area (Å²) in [6.07, 6.45) is -6.20. The molecule has 0 aromatic heterocycles. The van der Waals surface area contributed by atoms with Crippen molar-refractivity contribution in [3.63, 3.8) is 0 Å². The van der Waals surface area contributed by atoms with Crippen molar-refractivity contribution in [1.29, 1.82) is 0 Å². The number of rotatable bonds is 4. The number of alkyl halides is 3. The minimum absolute atomic E-state index is 0.0463. The number of hydrogen-bond donors (Lipinski definition) is 0. The molecule has 0 aliphatic carbocycles. The molecule has 0 aliphatic rings. The highest BCUT2D eigenvalue weighted by Crippen LogP contribution is 2.36. The summed E-state index contributed by atoms with van der Waals surface area (Å²) in [5, 5.41) is 0. The molecule has 0 unspecified atom stereocenters. The third-order valence-corrected chi connectivity index (χ3v) is 4.55. The Kier molecular flexibility index (Phi) is 5.22. The minimum atomic E-state index is -4.78. The lowest BCUT2D eigenvalue weighted by Gasteiger charge is -2.21. The fourth-order valence-corrected chi connectivity index (χ4v) is 2.71. The molecule has 2 rings (SSSR count). The Labute approximate surface area is 143 Å². The van der Waals surface area contributed by atoms with Crippen molar-refractivity contribution in [1.82, 2.24) is 0 Å². The van der Waals surface area contributed by atoms with Crippen molar-refractivity contribution in [2.24, 2.45) is 0 Å². The summed E-state index contributed by atoms with van der Waals surface area (Å²) in [7, 11) is -3.47. The van der Waals surface area contributed by atoms with E-state index in [0.717, 1.165) is 36.1 Å². The van der Waals surface area contributed by atoms with Gasteiger partial charge in [0.1, 0.15) is 0 Å². The van der Waals surface area contributed by atoms with E-state index in [-0.39, 0.29) is 16.0 Å². The van der Waals surface area contributed by atoms with Crippen molar-refractivity contribution in [2.75, 3.05) is 6.26 Å². The van der Waals surface area contributed by atoms with Gasteiger partial charge < -0.3 is 4.74 Å². The maximum atomic E-state index is 13.2. The van der Waals surface area contributed by atoms with Crippen molar-refractivity contribution >= 4 is 15.8 Å². The zero-order chi connectivity index (χ0) is 18.8. The van der Waals surface area contributed by atoms with E-state index in [1.165, 1.54) is 24.3 Å². The molecule has 0 bridgehead atoms. The number of esters is 1. The van der Waals surface area contributed by atoms with E-state index in [0.29, 0.717) is 0 Å². The molecule has 134 valence electrons. The third-order valence-electron chi connectivity index (χ3n) is 3.42. The first-order chi connectivity index (χ1) is 11.5. The molecular formula is C17H15F3O4S. The minimum Gasteiger partial charge on any atom is -0.444 e. The fourth-order valence-electron chi connectivity index (χ4n) is 2.08. The molecule has 0 aliphatic heterocycles. The van der Waals surface area contributed by atoms with Gasteiger partial charge in [0.25, 0.3) is 0 Å². The average molecular weight is 372 g/mol. The normalized spacial score (nSPS) is 13.3. The van der Waals surface area contributed by atoms with E-state index in [1.807, 2.05) is 0 Å². The number of aryl methyl sites for hydroxylation is 1. The van der Waals surface area contributed by atoms with E-state index in [4.69, 9.17) is 0 Å². The first-order valence-corrected chi connectivity index (χ1v) is 9.02. The lowest BCUT2D eigenvalue weighted by molar-refractivity contribution is -0.207. The highest BCUT2D eigenvalue weighted by Gasteiger charge is 2.44. The van der Waals surface area contributed by atoms with Crippen LogP contribution in [-0.2, 0) is 14.6 Å². The zero-order valence-corrected chi connectivity index (χ0v) is 14.2. The summed E-state index contributed by atoms with van der Waals surface area (Å²) in [6, 6.07) is 9.97. The summed E-state index contributed by atoms with van der Waals surface area (Å²) >= 11 is 0. The highest BCUT2D eigenvalue weighted by atomic mass is 32.2. The molecule has 0 saturated carbocycles. The average Bonchev–Trinajstić information content (AvgIpc) is 2.51. The molecule has 2 aromatic rings. The third kappa shape index (κ3) is 4.82. The predicted octanol–water partition coefficient (Wildman–Crippen LogP) is 3.86. The Morgan fingerprint density at radius 2 is 1.52 bits per heavy atom. The Balaban J connectivity index is 2.27. The fraction of sp³-hybridized carbons (Fsp3) is 0.235. The van der Waals surface area contributed by atoms with Gasteiger partial charge in [0.05, 0.1) is 10.5 Å². The second kappa shape index (κ2) is 6.87. The van der Waals surface area contributed by atoms with E-state index in [2.05, 4.69) is 4.74 Å². The second-order valence-electron chi connectivity index (χ2n) is 5.53. The summed E-state index contributed by atoms with van der Waals surface area (Å²) in [5.74, 6) is -1.19. The van der Waals surface area contributed by atoms with Crippen molar-refractivity contribution < 1.29 is 31.1 Å². The van der Waals surface area contributed by atoms with Crippen LogP contribution >= 0.6 is 0 Å². The Morgan fingerprint density at radius 3 is 1.96 bits per heavy atom. The number of halogens is 3. The molecule has 1 atom stereocenters. The summed E-state index contributed by atoms with van der Waals surface area (Å²) in [5.41, 5.74) is 0.403. The van der Waals surface area contributed by atoms with Crippen LogP contribution in [0.15, 0.2) is 53.4 Å². The van der Waals surface area contributed by atoms with Crippen LogP contribution in [0.1, 0.15) is 27.6 Å². The number of carbonyl (C=O) groups excluding carboxylic acids is 1. The number of ether oxygens (including phenoxy) is 1. The van der Waals surface area contributed by atoms with Gasteiger partial charge in [-0.3, -0.25) is 0 Å². The van der Waals surface area contributed by atoms with Gasteiger partial charge in [-0.05, 0) is 31.2 Å². The molecule has 0 heterocycles. The number of carbonyl (C=O) groups is 1. The van der Waals surface area contributed by atoms with Crippen molar-refractivity contribution in [3.05, 3.63) is 65.2 Å². The molecule has 0 spiro atoms. The molecule has 2 aromatic carbocycles. The molecule has 4 nitrogen and oxygen atoms in total. The molecule has 0 N–H and O–H groups in total. The zero-order valence-electron chi connectivity index (χ0n) is 13.4. The van der Waals surface area contributed by atoms with Gasteiger partial charge >= 0.3 is 12.1 Å². The first-order valence-electron chi connectivity index (χ1n) is 7.13. The molecule has 0 radical (unpaired) electrons. The highest BCUT2D eigenvalue weighted by molar-refractivity contribution is 7.90. The molecular weight excluding hydrogens is 357 g/mol. The summed E-state index contributed by atoms with van der Waals surface area (Å²) in [6.45, 7) is 1.72. The molecule has 0 amide bonds. The van der Waals surface area contributed by atoms with Crippen LogP contribution in [0.4, 0.5) is 13.2 Å². The summed E-state index contributed by atoms with van der Waals surface area (Å²) < 4.78 is 67.1. The molecule has 8 heteroatoms. The van der Waals surface area contributed by atoms with Crippen LogP contribution in [0.5, 0.6) is 0 Å². The van der Waals surface area contributed by atoms with Gasteiger partial charge in [-0.1, -0.05) is 29.8 Å². The van der Waals surface area contributed by atoms with Crippen LogP contribution in [0.25, 0.3) is 0 Å². The summed E-state index contributed by atoms with van der Waals surface area (Å²) in [4.78, 5) is 12.0. The maximum Gasteiger partial charge on any atom is 0.429 e. The number of sulfone groups is 1. The molecule has 0 fully saturated rings. The van der Waals surface area contributed by atoms with E-state index in [1.54, 1.807) is 6.92 Å². The maximum absolute atomic E-state index is 13.2.